The summed E-state index contributed by atoms with van der Waals surface area (Å²) in [5.41, 5.74) is 6.97. The van der Waals surface area contributed by atoms with Gasteiger partial charge in [0.2, 0.25) is 5.13 Å². The van der Waals surface area contributed by atoms with Crippen molar-refractivity contribution in [3.8, 4) is 17.1 Å². The summed E-state index contributed by atoms with van der Waals surface area (Å²) < 4.78 is 12.6. The van der Waals surface area contributed by atoms with Gasteiger partial charge in [0.05, 0.1) is 22.7 Å². The fourth-order valence-corrected chi connectivity index (χ4v) is 4.11. The van der Waals surface area contributed by atoms with Crippen molar-refractivity contribution >= 4 is 37.7 Å². The number of hydrogen-bond acceptors (Lipinski definition) is 6. The third-order valence-corrected chi connectivity index (χ3v) is 5.78. The Morgan fingerprint density at radius 2 is 1.83 bits per heavy atom. The van der Waals surface area contributed by atoms with Crippen LogP contribution in [0.2, 0.25) is 0 Å². The van der Waals surface area contributed by atoms with E-state index in [-0.39, 0.29) is 0 Å². The maximum Gasteiger partial charge on any atom is 0.204 e. The van der Waals surface area contributed by atoms with Crippen molar-refractivity contribution in [1.29, 1.82) is 0 Å². The normalized spacial score (nSPS) is 11.9. The number of anilines is 1. The lowest BCUT2D eigenvalue weighted by molar-refractivity contribution is 0.415. The zero-order chi connectivity index (χ0) is 20.5. The molecule has 0 fully saturated rings. The molecule has 0 aliphatic carbocycles. The van der Waals surface area contributed by atoms with Gasteiger partial charge in [0.1, 0.15) is 17.1 Å². The molecule has 0 aliphatic rings. The molecule has 0 atom stereocenters. The Kier molecular flexibility index (Phi) is 4.69. The molecule has 2 aromatic heterocycles. The fourth-order valence-electron chi connectivity index (χ4n) is 3.30. The highest BCUT2D eigenvalue weighted by atomic mass is 32.1. The Morgan fingerprint density at radius 1 is 1.00 bits per heavy atom. The minimum atomic E-state index is 0.735. The van der Waals surface area contributed by atoms with Gasteiger partial charge < -0.3 is 9.15 Å². The van der Waals surface area contributed by atoms with Crippen molar-refractivity contribution in [1.82, 2.24) is 4.98 Å². The number of para-hydroxylation sites is 1. The van der Waals surface area contributed by atoms with Gasteiger partial charge in [0, 0.05) is 17.0 Å². The van der Waals surface area contributed by atoms with Crippen molar-refractivity contribution in [2.75, 3.05) is 12.5 Å². The molecule has 2 heterocycles. The number of methoxy groups -OCH3 is 1. The van der Waals surface area contributed by atoms with E-state index in [1.54, 1.807) is 18.4 Å². The quantitative estimate of drug-likeness (QED) is 0.370. The topological polar surface area (TPSA) is 59.6 Å². The van der Waals surface area contributed by atoms with Crippen LogP contribution in [0.25, 0.3) is 32.5 Å². The van der Waals surface area contributed by atoms with E-state index >= 15 is 0 Å². The summed E-state index contributed by atoms with van der Waals surface area (Å²) in [7, 11) is 1.66. The number of ether oxygens (including phenoxy) is 1. The summed E-state index contributed by atoms with van der Waals surface area (Å²) in [5, 5.41) is 7.17. The van der Waals surface area contributed by atoms with E-state index < -0.39 is 0 Å². The molecular formula is C24H19N3O2S. The number of rotatable bonds is 4. The molecular weight excluding hydrogens is 394 g/mol. The van der Waals surface area contributed by atoms with E-state index in [1.807, 2.05) is 60.7 Å². The molecule has 0 saturated carbocycles. The van der Waals surface area contributed by atoms with Crippen molar-refractivity contribution in [3.63, 3.8) is 0 Å². The van der Waals surface area contributed by atoms with Crippen molar-refractivity contribution < 1.29 is 9.15 Å². The minimum absolute atomic E-state index is 0.735. The lowest BCUT2D eigenvalue weighted by Gasteiger charge is -2.07. The van der Waals surface area contributed by atoms with E-state index in [2.05, 4.69) is 34.6 Å². The molecule has 6 heteroatoms. The average molecular weight is 414 g/mol. The standard InChI is InChI=1S/C24H19N3O2S/c1-15-7-12-21-18(13-15)20(14-22(29-21)16-8-10-17(28-2)11-9-16)26-27-24-25-19-5-3-4-6-23(19)30-24/h3-14H,1-2H3,(H,25,27). The van der Waals surface area contributed by atoms with E-state index in [1.165, 1.54) is 0 Å². The average Bonchev–Trinajstić information content (AvgIpc) is 3.20. The van der Waals surface area contributed by atoms with Crippen LogP contribution in [0.5, 0.6) is 5.75 Å². The fraction of sp³-hybridized carbons (Fsp3) is 0.0833. The molecule has 1 N–H and O–H groups in total. The van der Waals surface area contributed by atoms with Crippen molar-refractivity contribution in [3.05, 3.63) is 83.7 Å². The van der Waals surface area contributed by atoms with E-state index in [4.69, 9.17) is 9.15 Å². The van der Waals surface area contributed by atoms with Crippen LogP contribution in [0.3, 0.4) is 0 Å². The summed E-state index contributed by atoms with van der Waals surface area (Å²) in [4.78, 5) is 4.60. The number of aromatic nitrogens is 1. The Balaban J connectivity index is 1.62. The minimum Gasteiger partial charge on any atom is -0.497 e. The van der Waals surface area contributed by atoms with Gasteiger partial charge in [-0.15, -0.1) is 0 Å². The molecule has 30 heavy (non-hydrogen) atoms. The van der Waals surface area contributed by atoms with Gasteiger partial charge in [-0.25, -0.2) is 4.98 Å². The van der Waals surface area contributed by atoms with Gasteiger partial charge >= 0.3 is 0 Å². The zero-order valence-electron chi connectivity index (χ0n) is 16.5. The smallest absolute Gasteiger partial charge is 0.204 e. The zero-order valence-corrected chi connectivity index (χ0v) is 17.4. The first-order chi connectivity index (χ1) is 14.7. The first kappa shape index (κ1) is 18.4. The molecule has 5 nitrogen and oxygen atoms in total. The highest BCUT2D eigenvalue weighted by molar-refractivity contribution is 7.22. The maximum absolute atomic E-state index is 6.18. The third kappa shape index (κ3) is 3.53. The molecule has 148 valence electrons. The van der Waals surface area contributed by atoms with Gasteiger partial charge in [0.25, 0.3) is 0 Å². The number of nitrogens with zero attached hydrogens (tertiary/aromatic N) is 2. The monoisotopic (exact) mass is 413 g/mol. The Bertz CT molecular complexity index is 1390. The lowest BCUT2D eigenvalue weighted by Crippen LogP contribution is -2.07. The number of nitrogens with one attached hydrogen (secondary N) is 1. The van der Waals surface area contributed by atoms with Crippen LogP contribution in [-0.2, 0) is 0 Å². The molecule has 0 unspecified atom stereocenters. The van der Waals surface area contributed by atoms with Crippen LogP contribution in [0.4, 0.5) is 5.13 Å². The van der Waals surface area contributed by atoms with Gasteiger partial charge in [0.15, 0.2) is 0 Å². The lowest BCUT2D eigenvalue weighted by atomic mass is 10.1. The second-order valence-corrected chi connectivity index (χ2v) is 7.97. The molecule has 0 bridgehead atoms. The summed E-state index contributed by atoms with van der Waals surface area (Å²) in [5.74, 6) is 1.54. The molecule has 0 aliphatic heterocycles. The number of fused-ring (bicyclic) bond motifs is 2. The van der Waals surface area contributed by atoms with Crippen LogP contribution >= 0.6 is 11.3 Å². The van der Waals surface area contributed by atoms with Crippen LogP contribution < -0.4 is 15.5 Å². The molecule has 5 rings (SSSR count). The Hall–Kier alpha value is -3.64. The van der Waals surface area contributed by atoms with Gasteiger partial charge in [-0.1, -0.05) is 35.1 Å². The Morgan fingerprint density at radius 3 is 2.63 bits per heavy atom. The van der Waals surface area contributed by atoms with Gasteiger partial charge in [-0.05, 0) is 55.5 Å². The van der Waals surface area contributed by atoms with E-state index in [9.17, 15) is 0 Å². The first-order valence-corrected chi connectivity index (χ1v) is 10.4. The second-order valence-electron chi connectivity index (χ2n) is 6.93. The van der Waals surface area contributed by atoms with Crippen molar-refractivity contribution in [2.45, 2.75) is 6.92 Å². The first-order valence-electron chi connectivity index (χ1n) is 9.54. The third-order valence-electron chi connectivity index (χ3n) is 4.84. The molecule has 0 radical (unpaired) electrons. The van der Waals surface area contributed by atoms with Crippen LogP contribution in [-0.4, -0.2) is 12.1 Å². The van der Waals surface area contributed by atoms with Gasteiger partial charge in [-0.3, -0.25) is 5.43 Å². The number of hydrogen-bond donors (Lipinski definition) is 1. The molecule has 3 aromatic carbocycles. The van der Waals surface area contributed by atoms with Crippen LogP contribution in [0, 0.1) is 6.92 Å². The van der Waals surface area contributed by atoms with Crippen LogP contribution in [0.15, 0.2) is 82.3 Å². The molecule has 5 aromatic rings. The van der Waals surface area contributed by atoms with Gasteiger partial charge in [-0.2, -0.15) is 5.10 Å². The summed E-state index contributed by atoms with van der Waals surface area (Å²) in [6.07, 6.45) is 0. The number of benzene rings is 3. The predicted molar refractivity (Wildman–Crippen MR) is 122 cm³/mol. The Labute approximate surface area is 177 Å². The SMILES string of the molecule is COc1ccc(-c2cc(=NNc3nc4ccccc4s3)c3cc(C)ccc3o2)cc1. The number of thiazole rings is 1. The van der Waals surface area contributed by atoms with E-state index in [0.29, 0.717) is 0 Å². The highest BCUT2D eigenvalue weighted by Crippen LogP contribution is 2.26. The maximum atomic E-state index is 6.18. The molecule has 0 saturated heterocycles. The van der Waals surface area contributed by atoms with Crippen LogP contribution in [0.1, 0.15) is 5.56 Å². The highest BCUT2D eigenvalue weighted by Gasteiger charge is 2.08. The largest absolute Gasteiger partial charge is 0.497 e. The summed E-state index contributed by atoms with van der Waals surface area (Å²) in [6, 6.07) is 23.9. The van der Waals surface area contributed by atoms with Crippen molar-refractivity contribution in [2.24, 2.45) is 5.10 Å². The summed E-state index contributed by atoms with van der Waals surface area (Å²) >= 11 is 1.58. The summed E-state index contributed by atoms with van der Waals surface area (Å²) in [6.45, 7) is 2.06. The molecule has 0 amide bonds. The molecule has 0 spiro atoms. The second kappa shape index (κ2) is 7.65. The number of aryl methyl sites for hydroxylation is 1. The van der Waals surface area contributed by atoms with E-state index in [0.717, 1.165) is 54.3 Å². The predicted octanol–water partition coefficient (Wildman–Crippen LogP) is 5.95.